The van der Waals surface area contributed by atoms with Gasteiger partial charge in [0.1, 0.15) is 5.78 Å². The van der Waals surface area contributed by atoms with Gasteiger partial charge in [-0.05, 0) is 6.42 Å². The van der Waals surface area contributed by atoms with E-state index in [0.717, 1.165) is 4.90 Å². The predicted molar refractivity (Wildman–Crippen MR) is 87.3 cm³/mol. The lowest BCUT2D eigenvalue weighted by atomic mass is 10.1. The van der Waals surface area contributed by atoms with Crippen LogP contribution in [-0.2, 0) is 38.3 Å². The van der Waals surface area contributed by atoms with E-state index in [1.165, 1.54) is 12.2 Å². The molecule has 27 heavy (non-hydrogen) atoms. The minimum atomic E-state index is -0.747. The minimum absolute atomic E-state index is 0.0334. The van der Waals surface area contributed by atoms with Crippen molar-refractivity contribution in [2.24, 2.45) is 0 Å². The lowest BCUT2D eigenvalue weighted by Crippen LogP contribution is -2.32. The third-order valence-electron chi connectivity index (χ3n) is 3.91. The number of hydrogen-bond acceptors (Lipinski definition) is 8. The Bertz CT molecular complexity index is 650. The molecule has 0 spiro atoms. The summed E-state index contributed by atoms with van der Waals surface area (Å²) in [5, 5.41) is 0.479. The molecule has 1 saturated heterocycles. The van der Waals surface area contributed by atoms with Gasteiger partial charge in [-0.25, -0.2) is 4.79 Å². The summed E-state index contributed by atoms with van der Waals surface area (Å²) in [6.07, 6.45) is 3.02. The van der Waals surface area contributed by atoms with Gasteiger partial charge in [-0.2, -0.15) is 0 Å². The molecular formula is C17H20N2O8. The lowest BCUT2D eigenvalue weighted by molar-refractivity contribution is -0.198. The first-order valence-electron chi connectivity index (χ1n) is 8.58. The third kappa shape index (κ3) is 6.10. The molecule has 0 N–H and O–H groups in total. The first kappa shape index (κ1) is 20.4. The van der Waals surface area contributed by atoms with Crippen molar-refractivity contribution in [3.8, 4) is 0 Å². The fourth-order valence-electron chi connectivity index (χ4n) is 2.45. The van der Waals surface area contributed by atoms with Crippen LogP contribution in [0.15, 0.2) is 12.2 Å². The van der Waals surface area contributed by atoms with Crippen LogP contribution < -0.4 is 0 Å². The fourth-order valence-corrected chi connectivity index (χ4v) is 2.45. The summed E-state index contributed by atoms with van der Waals surface area (Å²) < 4.78 is 5.21. The molecule has 2 aliphatic heterocycles. The second kappa shape index (κ2) is 9.72. The molecule has 2 aliphatic rings. The van der Waals surface area contributed by atoms with Crippen LogP contribution in [0.1, 0.15) is 38.5 Å². The summed E-state index contributed by atoms with van der Waals surface area (Å²) in [4.78, 5) is 74.2. The van der Waals surface area contributed by atoms with Crippen LogP contribution in [0.5, 0.6) is 0 Å². The Morgan fingerprint density at radius 1 is 0.889 bits per heavy atom. The van der Waals surface area contributed by atoms with Crippen LogP contribution in [0.25, 0.3) is 0 Å². The molecule has 10 nitrogen and oxygen atoms in total. The number of nitrogens with zero attached hydrogens (tertiary/aromatic N) is 2. The van der Waals surface area contributed by atoms with Gasteiger partial charge < -0.3 is 9.57 Å². The van der Waals surface area contributed by atoms with E-state index in [4.69, 9.17) is 4.74 Å². The van der Waals surface area contributed by atoms with Crippen LogP contribution in [0.3, 0.4) is 0 Å². The van der Waals surface area contributed by atoms with Gasteiger partial charge in [-0.1, -0.05) is 0 Å². The van der Waals surface area contributed by atoms with Gasteiger partial charge in [0.15, 0.2) is 0 Å². The van der Waals surface area contributed by atoms with Gasteiger partial charge in [0, 0.05) is 51.0 Å². The lowest BCUT2D eigenvalue weighted by Gasteiger charge is -2.13. The van der Waals surface area contributed by atoms with Crippen molar-refractivity contribution in [3.05, 3.63) is 12.2 Å². The molecule has 2 heterocycles. The van der Waals surface area contributed by atoms with Crippen molar-refractivity contribution in [3.63, 3.8) is 0 Å². The maximum Gasteiger partial charge on any atom is 0.335 e. The Balaban J connectivity index is 1.49. The van der Waals surface area contributed by atoms with Crippen molar-refractivity contribution in [2.45, 2.75) is 38.5 Å². The molecule has 0 radical (unpaired) electrons. The molecule has 0 saturated carbocycles. The van der Waals surface area contributed by atoms with Crippen LogP contribution in [0.4, 0.5) is 0 Å². The second-order valence-corrected chi connectivity index (χ2v) is 5.96. The summed E-state index contributed by atoms with van der Waals surface area (Å²) in [5.74, 6) is -2.76. The second-order valence-electron chi connectivity index (χ2n) is 5.96. The number of carbonyl (C=O) groups is 6. The van der Waals surface area contributed by atoms with Gasteiger partial charge >= 0.3 is 5.97 Å². The largest absolute Gasteiger partial charge is 0.381 e. The average Bonchev–Trinajstić information content (AvgIpc) is 3.12. The monoisotopic (exact) mass is 380 g/mol. The Kier molecular flexibility index (Phi) is 7.35. The number of ketones is 1. The zero-order valence-electron chi connectivity index (χ0n) is 14.7. The summed E-state index contributed by atoms with van der Waals surface area (Å²) in [6, 6.07) is 0. The molecule has 2 rings (SSSR count). The van der Waals surface area contributed by atoms with Crippen LogP contribution in [0.2, 0.25) is 0 Å². The van der Waals surface area contributed by atoms with Crippen molar-refractivity contribution in [1.29, 1.82) is 0 Å². The Morgan fingerprint density at radius 2 is 1.52 bits per heavy atom. The molecule has 0 aliphatic carbocycles. The highest BCUT2D eigenvalue weighted by molar-refractivity contribution is 6.13. The smallest absolute Gasteiger partial charge is 0.335 e. The summed E-state index contributed by atoms with van der Waals surface area (Å²) in [7, 11) is 0. The molecule has 0 bridgehead atoms. The molecule has 0 atom stereocenters. The molecule has 10 heteroatoms. The Morgan fingerprint density at radius 3 is 2.15 bits per heavy atom. The van der Waals surface area contributed by atoms with E-state index in [9.17, 15) is 28.8 Å². The van der Waals surface area contributed by atoms with E-state index in [1.807, 2.05) is 0 Å². The standard InChI is InChI=1S/C17H20N2O8/c20-12(7-9-18-13(21)3-4-14(18)22)2-1-10-26-11-8-17(25)27-19-15(23)5-6-16(19)24/h3-4H,1-2,5-11H2. The first-order chi connectivity index (χ1) is 12.9. The van der Waals surface area contributed by atoms with Gasteiger partial charge in [0.25, 0.3) is 23.6 Å². The number of hydroxylamine groups is 2. The molecular weight excluding hydrogens is 360 g/mol. The maximum absolute atomic E-state index is 11.7. The highest BCUT2D eigenvalue weighted by atomic mass is 16.7. The SMILES string of the molecule is O=C(CCCOCCC(=O)ON1C(=O)CCC1=O)CCN1C(=O)C=CC1=O. The van der Waals surface area contributed by atoms with Crippen LogP contribution >= 0.6 is 0 Å². The molecule has 4 amide bonds. The average molecular weight is 380 g/mol. The Hall–Kier alpha value is -2.88. The van der Waals surface area contributed by atoms with Crippen molar-refractivity contribution in [1.82, 2.24) is 9.96 Å². The highest BCUT2D eigenvalue weighted by Gasteiger charge is 2.32. The number of amides is 4. The molecule has 0 aromatic heterocycles. The molecule has 1 fully saturated rings. The number of carbonyl (C=O) groups excluding carboxylic acids is 6. The number of imide groups is 2. The van der Waals surface area contributed by atoms with E-state index < -0.39 is 29.6 Å². The highest BCUT2D eigenvalue weighted by Crippen LogP contribution is 2.12. The summed E-state index contributed by atoms with van der Waals surface area (Å²) in [6.45, 7) is 0.333. The molecule has 0 aromatic carbocycles. The van der Waals surface area contributed by atoms with Crippen LogP contribution in [0, 0.1) is 0 Å². The topological polar surface area (TPSA) is 127 Å². The quantitative estimate of drug-likeness (QED) is 0.352. The number of Topliss-reactive ketones (excluding diaryl/α,β-unsaturated/α-hetero) is 1. The van der Waals surface area contributed by atoms with Crippen molar-refractivity contribution in [2.75, 3.05) is 19.8 Å². The number of rotatable bonds is 11. The van der Waals surface area contributed by atoms with Gasteiger partial charge in [-0.3, -0.25) is 28.9 Å². The molecule has 0 unspecified atom stereocenters. The van der Waals surface area contributed by atoms with Gasteiger partial charge in [-0.15, -0.1) is 5.06 Å². The normalized spacial score (nSPS) is 16.6. The van der Waals surface area contributed by atoms with Crippen molar-refractivity contribution < 1.29 is 38.3 Å². The first-order valence-corrected chi connectivity index (χ1v) is 8.58. The third-order valence-corrected chi connectivity index (χ3v) is 3.91. The molecule has 0 aromatic rings. The zero-order chi connectivity index (χ0) is 19.8. The van der Waals surface area contributed by atoms with Crippen molar-refractivity contribution >= 4 is 35.4 Å². The fraction of sp³-hybridized carbons (Fsp3) is 0.529. The zero-order valence-corrected chi connectivity index (χ0v) is 14.7. The predicted octanol–water partition coefficient (Wildman–Crippen LogP) is -0.335. The van der Waals surface area contributed by atoms with Crippen LogP contribution in [-0.4, -0.2) is 65.1 Å². The maximum atomic E-state index is 11.7. The van der Waals surface area contributed by atoms with E-state index in [0.29, 0.717) is 11.5 Å². The van der Waals surface area contributed by atoms with E-state index in [1.54, 1.807) is 0 Å². The minimum Gasteiger partial charge on any atom is -0.381 e. The number of ether oxygens (including phenoxy) is 1. The number of hydrogen-bond donors (Lipinski definition) is 0. The summed E-state index contributed by atoms with van der Waals surface area (Å²) >= 11 is 0. The summed E-state index contributed by atoms with van der Waals surface area (Å²) in [5.41, 5.74) is 0. The van der Waals surface area contributed by atoms with E-state index in [2.05, 4.69) is 4.84 Å². The van der Waals surface area contributed by atoms with Gasteiger partial charge in [0.05, 0.1) is 13.0 Å². The van der Waals surface area contributed by atoms with Gasteiger partial charge in [0.2, 0.25) is 0 Å². The van der Waals surface area contributed by atoms with E-state index >= 15 is 0 Å². The Labute approximate surface area is 155 Å². The molecule has 146 valence electrons. The van der Waals surface area contributed by atoms with E-state index in [-0.39, 0.29) is 57.6 Å².